The van der Waals surface area contributed by atoms with Gasteiger partial charge in [-0.2, -0.15) is 0 Å². The topological polar surface area (TPSA) is 40.5 Å². The van der Waals surface area contributed by atoms with Crippen LogP contribution >= 0.6 is 23.2 Å². The average Bonchev–Trinajstić information content (AvgIpc) is 2.64. The largest absolute Gasteiger partial charge is 0.508 e. The summed E-state index contributed by atoms with van der Waals surface area (Å²) in [5.41, 5.74) is 1.09. The first kappa shape index (κ1) is 21.3. The molecule has 0 aliphatic rings. The highest BCUT2D eigenvalue weighted by atomic mass is 35.5. The molecule has 0 saturated carbocycles. The molecular weight excluding hydrogens is 424 g/mol. The van der Waals surface area contributed by atoms with Crippen molar-refractivity contribution in [1.82, 2.24) is 0 Å². The Labute approximate surface area is 176 Å². The zero-order valence-electron chi connectivity index (χ0n) is 15.5. The molecule has 0 saturated heterocycles. The van der Waals surface area contributed by atoms with Gasteiger partial charge in [0.2, 0.25) is 0 Å². The number of hydrogen-bond donors (Lipinski definition) is 2. The summed E-state index contributed by atoms with van der Waals surface area (Å²) < 4.78 is 42.4. The molecule has 29 heavy (non-hydrogen) atoms. The first-order valence-electron chi connectivity index (χ1n) is 8.77. The molecule has 0 aliphatic carbocycles. The highest BCUT2D eigenvalue weighted by Crippen LogP contribution is 2.38. The molecule has 0 amide bonds. The number of aromatic hydroxyl groups is 2. The van der Waals surface area contributed by atoms with E-state index >= 15 is 0 Å². The maximum atomic E-state index is 14.9. The SMILES string of the molecule is CC(C)c1c(O)ccc(Cc2c(Cl)cc(-c3ccc(F)c(O)c3F)cc2Cl)c1F. The Morgan fingerprint density at radius 1 is 0.897 bits per heavy atom. The van der Waals surface area contributed by atoms with Crippen LogP contribution in [0.3, 0.4) is 0 Å². The van der Waals surface area contributed by atoms with E-state index in [9.17, 15) is 23.4 Å². The summed E-state index contributed by atoms with van der Waals surface area (Å²) in [5, 5.41) is 19.7. The van der Waals surface area contributed by atoms with E-state index in [1.54, 1.807) is 13.8 Å². The number of phenolic OH excluding ortho intramolecular Hbond substituents is 2. The Morgan fingerprint density at radius 3 is 2.10 bits per heavy atom. The molecule has 3 aromatic carbocycles. The molecule has 0 heterocycles. The lowest BCUT2D eigenvalue weighted by molar-refractivity contribution is 0.397. The fraction of sp³-hybridized carbons (Fsp3) is 0.182. The molecule has 2 nitrogen and oxygen atoms in total. The van der Waals surface area contributed by atoms with Crippen LogP contribution in [0, 0.1) is 17.5 Å². The molecule has 3 aromatic rings. The second-order valence-electron chi connectivity index (χ2n) is 6.98. The lowest BCUT2D eigenvalue weighted by Gasteiger charge is -2.15. The Hall–Kier alpha value is -2.37. The summed E-state index contributed by atoms with van der Waals surface area (Å²) >= 11 is 12.7. The summed E-state index contributed by atoms with van der Waals surface area (Å²) in [5.74, 6) is -4.19. The van der Waals surface area contributed by atoms with E-state index in [0.29, 0.717) is 11.1 Å². The summed E-state index contributed by atoms with van der Waals surface area (Å²) in [4.78, 5) is 0. The van der Waals surface area contributed by atoms with Crippen molar-refractivity contribution in [3.8, 4) is 22.6 Å². The van der Waals surface area contributed by atoms with Crippen molar-refractivity contribution in [3.63, 3.8) is 0 Å². The number of halogens is 5. The molecule has 0 aliphatic heterocycles. The molecule has 0 spiro atoms. The quantitative estimate of drug-likeness (QED) is 0.450. The highest BCUT2D eigenvalue weighted by molar-refractivity contribution is 6.36. The van der Waals surface area contributed by atoms with Gasteiger partial charge < -0.3 is 10.2 Å². The molecule has 0 fully saturated rings. The summed E-state index contributed by atoms with van der Waals surface area (Å²) in [7, 11) is 0. The molecule has 0 bridgehead atoms. The van der Waals surface area contributed by atoms with Crippen LogP contribution in [0.2, 0.25) is 10.0 Å². The predicted octanol–water partition coefficient (Wildman–Crippen LogP) is 7.20. The standard InChI is InChI=1S/C22H17Cl2F3O2/c1-10(2)19-18(28)6-3-11(20(19)26)7-14-15(23)8-12(9-16(14)24)13-4-5-17(25)22(29)21(13)27/h3-6,8-10,28-29H,7H2,1-2H3. The van der Waals surface area contributed by atoms with Crippen LogP contribution < -0.4 is 0 Å². The number of benzene rings is 3. The third-order valence-electron chi connectivity index (χ3n) is 4.70. The van der Waals surface area contributed by atoms with Crippen molar-refractivity contribution in [2.24, 2.45) is 0 Å². The number of hydrogen-bond acceptors (Lipinski definition) is 2. The van der Waals surface area contributed by atoms with E-state index in [2.05, 4.69) is 0 Å². The third kappa shape index (κ3) is 4.02. The van der Waals surface area contributed by atoms with Gasteiger partial charge in [0.25, 0.3) is 0 Å². The van der Waals surface area contributed by atoms with Crippen LogP contribution in [0.15, 0.2) is 36.4 Å². The monoisotopic (exact) mass is 440 g/mol. The Bertz CT molecular complexity index is 1070. The summed E-state index contributed by atoms with van der Waals surface area (Å²) in [6, 6.07) is 7.80. The molecular formula is C22H17Cl2F3O2. The van der Waals surface area contributed by atoms with Crippen molar-refractivity contribution in [3.05, 3.63) is 80.6 Å². The lowest BCUT2D eigenvalue weighted by atomic mass is 9.94. The van der Waals surface area contributed by atoms with Gasteiger partial charge in [-0.15, -0.1) is 0 Å². The van der Waals surface area contributed by atoms with Gasteiger partial charge >= 0.3 is 0 Å². The van der Waals surface area contributed by atoms with Gasteiger partial charge in [-0.1, -0.05) is 43.1 Å². The smallest absolute Gasteiger partial charge is 0.188 e. The molecule has 0 aromatic heterocycles. The minimum atomic E-state index is -1.13. The second-order valence-corrected chi connectivity index (χ2v) is 7.79. The van der Waals surface area contributed by atoms with Gasteiger partial charge in [0, 0.05) is 27.6 Å². The van der Waals surface area contributed by atoms with Crippen LogP contribution in [-0.2, 0) is 6.42 Å². The van der Waals surface area contributed by atoms with Gasteiger partial charge in [0.1, 0.15) is 11.6 Å². The zero-order chi connectivity index (χ0) is 21.5. The fourth-order valence-corrected chi connectivity index (χ4v) is 3.82. The van der Waals surface area contributed by atoms with Gasteiger partial charge in [0.15, 0.2) is 17.4 Å². The minimum Gasteiger partial charge on any atom is -0.508 e. The maximum absolute atomic E-state index is 14.9. The van der Waals surface area contributed by atoms with Crippen molar-refractivity contribution in [2.75, 3.05) is 0 Å². The van der Waals surface area contributed by atoms with Crippen molar-refractivity contribution < 1.29 is 23.4 Å². The van der Waals surface area contributed by atoms with Crippen molar-refractivity contribution >= 4 is 23.2 Å². The summed E-state index contributed by atoms with van der Waals surface area (Å²) in [6.45, 7) is 3.53. The van der Waals surface area contributed by atoms with Crippen molar-refractivity contribution in [2.45, 2.75) is 26.2 Å². The van der Waals surface area contributed by atoms with Gasteiger partial charge in [-0.05, 0) is 52.9 Å². The second kappa shape index (κ2) is 8.17. The maximum Gasteiger partial charge on any atom is 0.188 e. The molecule has 3 rings (SSSR count). The molecule has 7 heteroatoms. The van der Waals surface area contributed by atoms with E-state index in [4.69, 9.17) is 23.2 Å². The predicted molar refractivity (Wildman–Crippen MR) is 108 cm³/mol. The van der Waals surface area contributed by atoms with E-state index < -0.39 is 23.2 Å². The Balaban J connectivity index is 2.04. The van der Waals surface area contributed by atoms with Gasteiger partial charge in [0.05, 0.1) is 0 Å². The average molecular weight is 441 g/mol. The van der Waals surface area contributed by atoms with Crippen LogP contribution in [0.1, 0.15) is 36.5 Å². The minimum absolute atomic E-state index is 0.0565. The van der Waals surface area contributed by atoms with E-state index in [-0.39, 0.29) is 44.8 Å². The van der Waals surface area contributed by atoms with E-state index in [1.807, 2.05) is 0 Å². The zero-order valence-corrected chi connectivity index (χ0v) is 17.0. The molecule has 152 valence electrons. The fourth-order valence-electron chi connectivity index (χ4n) is 3.20. The lowest BCUT2D eigenvalue weighted by Crippen LogP contribution is -2.01. The summed E-state index contributed by atoms with van der Waals surface area (Å²) in [6.07, 6.45) is 0.0565. The van der Waals surface area contributed by atoms with Gasteiger partial charge in [-0.3, -0.25) is 0 Å². The third-order valence-corrected chi connectivity index (χ3v) is 5.37. The van der Waals surface area contributed by atoms with E-state index in [0.717, 1.165) is 6.07 Å². The molecule has 0 radical (unpaired) electrons. The van der Waals surface area contributed by atoms with E-state index in [1.165, 1.54) is 30.3 Å². The Morgan fingerprint density at radius 2 is 1.52 bits per heavy atom. The number of phenols is 2. The molecule has 0 unspecified atom stereocenters. The first-order valence-corrected chi connectivity index (χ1v) is 9.52. The molecule has 0 atom stereocenters. The van der Waals surface area contributed by atoms with Gasteiger partial charge in [-0.25, -0.2) is 13.2 Å². The van der Waals surface area contributed by atoms with Crippen LogP contribution in [-0.4, -0.2) is 10.2 Å². The number of rotatable bonds is 4. The molecule has 2 N–H and O–H groups in total. The Kier molecular flexibility index (Phi) is 6.01. The van der Waals surface area contributed by atoms with Crippen LogP contribution in [0.5, 0.6) is 11.5 Å². The first-order chi connectivity index (χ1) is 13.6. The van der Waals surface area contributed by atoms with Crippen LogP contribution in [0.25, 0.3) is 11.1 Å². The van der Waals surface area contributed by atoms with Crippen LogP contribution in [0.4, 0.5) is 13.2 Å². The highest BCUT2D eigenvalue weighted by Gasteiger charge is 2.20. The van der Waals surface area contributed by atoms with Crippen molar-refractivity contribution in [1.29, 1.82) is 0 Å². The normalized spacial score (nSPS) is 11.3.